The maximum Gasteiger partial charge on any atom is 0.410 e. The van der Waals surface area contributed by atoms with Crippen LogP contribution >= 0.6 is 15.9 Å². The molecule has 1 atom stereocenters. The largest absolute Gasteiger partial charge is 0.444 e. The summed E-state index contributed by atoms with van der Waals surface area (Å²) in [7, 11) is -3.60. The fourth-order valence-electron chi connectivity index (χ4n) is 2.96. The van der Waals surface area contributed by atoms with Gasteiger partial charge in [0.1, 0.15) is 5.60 Å². The molecule has 0 bridgehead atoms. The summed E-state index contributed by atoms with van der Waals surface area (Å²) >= 11 is 3.33. The van der Waals surface area contributed by atoms with Crippen LogP contribution in [0.2, 0.25) is 0 Å². The van der Waals surface area contributed by atoms with Crippen LogP contribution in [0.25, 0.3) is 0 Å². The van der Waals surface area contributed by atoms with Crippen LogP contribution in [0.4, 0.5) is 4.79 Å². The van der Waals surface area contributed by atoms with E-state index in [9.17, 15) is 13.2 Å². The lowest BCUT2D eigenvalue weighted by molar-refractivity contribution is 0.0126. The van der Waals surface area contributed by atoms with Gasteiger partial charge in [-0.1, -0.05) is 29.3 Å². The molecule has 6 nitrogen and oxygen atoms in total. The number of benzene rings is 1. The van der Waals surface area contributed by atoms with Gasteiger partial charge in [-0.05, 0) is 51.5 Å². The molecule has 0 N–H and O–H groups in total. The quantitative estimate of drug-likeness (QED) is 0.703. The Balaban J connectivity index is 2.20. The van der Waals surface area contributed by atoms with Gasteiger partial charge in [0.05, 0.1) is 4.90 Å². The van der Waals surface area contributed by atoms with Crippen molar-refractivity contribution in [2.24, 2.45) is 0 Å². The van der Waals surface area contributed by atoms with Crippen molar-refractivity contribution < 1.29 is 17.9 Å². The van der Waals surface area contributed by atoms with Gasteiger partial charge in [0.25, 0.3) is 0 Å². The lowest BCUT2D eigenvalue weighted by Gasteiger charge is -2.40. The Bertz CT molecular complexity index is 729. The van der Waals surface area contributed by atoms with Crippen molar-refractivity contribution in [3.8, 4) is 0 Å². The Morgan fingerprint density at radius 3 is 2.38 bits per heavy atom. The molecule has 1 unspecified atom stereocenters. The molecular weight excluding hydrogens is 420 g/mol. The van der Waals surface area contributed by atoms with Crippen LogP contribution < -0.4 is 0 Å². The summed E-state index contributed by atoms with van der Waals surface area (Å²) in [4.78, 5) is 14.2. The normalized spacial score (nSPS) is 19.4. The molecule has 1 aliphatic heterocycles. The molecule has 1 amide bonds. The highest BCUT2D eigenvalue weighted by Crippen LogP contribution is 2.26. The molecule has 0 spiro atoms. The first-order chi connectivity index (χ1) is 12.0. The molecule has 0 aliphatic carbocycles. The van der Waals surface area contributed by atoms with Gasteiger partial charge >= 0.3 is 6.09 Å². The summed E-state index contributed by atoms with van der Waals surface area (Å²) in [5.74, 6) is 0. The summed E-state index contributed by atoms with van der Waals surface area (Å²) < 4.78 is 33.9. The van der Waals surface area contributed by atoms with E-state index in [2.05, 4.69) is 15.9 Å². The average Bonchev–Trinajstić information content (AvgIpc) is 2.53. The monoisotopic (exact) mass is 446 g/mol. The number of hydrogen-bond donors (Lipinski definition) is 0. The van der Waals surface area contributed by atoms with Gasteiger partial charge in [-0.25, -0.2) is 13.2 Å². The van der Waals surface area contributed by atoms with E-state index in [0.717, 1.165) is 10.9 Å². The van der Waals surface area contributed by atoms with Gasteiger partial charge in [0.15, 0.2) is 0 Å². The Morgan fingerprint density at radius 2 is 1.85 bits per heavy atom. The standard InChI is InChI=1S/C18H27BrN2O4S/c1-5-6-15-13-20(17(22)25-18(2,3)4)11-12-21(15)26(23,24)16-9-7-14(19)8-10-16/h7-10,15H,5-6,11-13H2,1-4H3. The van der Waals surface area contributed by atoms with Gasteiger partial charge in [0.2, 0.25) is 10.0 Å². The lowest BCUT2D eigenvalue weighted by Crippen LogP contribution is -2.57. The second kappa shape index (κ2) is 8.27. The number of carbonyl (C=O) groups excluding carboxylic acids is 1. The number of piperazine rings is 1. The lowest BCUT2D eigenvalue weighted by atomic mass is 10.1. The van der Waals surface area contributed by atoms with Crippen LogP contribution in [0.3, 0.4) is 0 Å². The smallest absolute Gasteiger partial charge is 0.410 e. The number of ether oxygens (including phenoxy) is 1. The van der Waals surface area contributed by atoms with Crippen molar-refractivity contribution in [2.45, 2.75) is 57.1 Å². The van der Waals surface area contributed by atoms with E-state index in [0.29, 0.717) is 19.5 Å². The van der Waals surface area contributed by atoms with Crippen LogP contribution in [-0.2, 0) is 14.8 Å². The van der Waals surface area contributed by atoms with Crippen LogP contribution in [-0.4, -0.2) is 55.0 Å². The molecule has 0 saturated carbocycles. The third kappa shape index (κ3) is 5.20. The third-order valence-electron chi connectivity index (χ3n) is 4.12. The number of nitrogens with zero attached hydrogens (tertiary/aromatic N) is 2. The van der Waals surface area contributed by atoms with Crippen molar-refractivity contribution in [2.75, 3.05) is 19.6 Å². The summed E-state index contributed by atoms with van der Waals surface area (Å²) in [6.45, 7) is 8.41. The molecule has 1 aromatic rings. The summed E-state index contributed by atoms with van der Waals surface area (Å²) in [5, 5.41) is 0. The van der Waals surface area contributed by atoms with E-state index in [4.69, 9.17) is 4.74 Å². The van der Waals surface area contributed by atoms with Crippen molar-refractivity contribution in [1.82, 2.24) is 9.21 Å². The fourth-order valence-corrected chi connectivity index (χ4v) is 4.86. The zero-order chi connectivity index (χ0) is 19.5. The van der Waals surface area contributed by atoms with Gasteiger partial charge in [-0.2, -0.15) is 4.31 Å². The molecule has 1 fully saturated rings. The molecular formula is C18H27BrN2O4S. The number of carbonyl (C=O) groups is 1. The molecule has 2 rings (SSSR count). The van der Waals surface area contributed by atoms with Gasteiger partial charge in [0, 0.05) is 30.1 Å². The average molecular weight is 447 g/mol. The highest BCUT2D eigenvalue weighted by molar-refractivity contribution is 9.10. The summed E-state index contributed by atoms with van der Waals surface area (Å²) in [5.41, 5.74) is -0.571. The number of amides is 1. The Kier molecular flexibility index (Phi) is 6.74. The second-order valence-electron chi connectivity index (χ2n) is 7.44. The van der Waals surface area contributed by atoms with E-state index in [1.54, 1.807) is 29.2 Å². The molecule has 26 heavy (non-hydrogen) atoms. The zero-order valence-electron chi connectivity index (χ0n) is 15.7. The number of sulfonamides is 1. The van der Waals surface area contributed by atoms with E-state index in [1.807, 2.05) is 27.7 Å². The van der Waals surface area contributed by atoms with Crippen LogP contribution in [0.1, 0.15) is 40.5 Å². The molecule has 146 valence electrons. The minimum absolute atomic E-state index is 0.255. The molecule has 0 radical (unpaired) electrons. The van der Waals surface area contributed by atoms with E-state index >= 15 is 0 Å². The predicted octanol–water partition coefficient (Wildman–Crippen LogP) is 3.86. The zero-order valence-corrected chi connectivity index (χ0v) is 18.1. The maximum atomic E-state index is 13.1. The van der Waals surface area contributed by atoms with Gasteiger partial charge < -0.3 is 9.64 Å². The van der Waals surface area contributed by atoms with E-state index in [-0.39, 0.29) is 23.6 Å². The molecule has 0 aromatic heterocycles. The highest BCUT2D eigenvalue weighted by atomic mass is 79.9. The van der Waals surface area contributed by atoms with Crippen LogP contribution in [0, 0.1) is 0 Å². The Labute approximate surface area is 164 Å². The predicted molar refractivity (Wildman–Crippen MR) is 105 cm³/mol. The minimum Gasteiger partial charge on any atom is -0.444 e. The first kappa shape index (κ1) is 21.2. The van der Waals surface area contributed by atoms with Crippen LogP contribution in [0.15, 0.2) is 33.6 Å². The molecule has 8 heteroatoms. The molecule has 1 heterocycles. The number of rotatable bonds is 4. The highest BCUT2D eigenvalue weighted by Gasteiger charge is 2.38. The van der Waals surface area contributed by atoms with E-state index < -0.39 is 15.6 Å². The molecule has 1 aromatic carbocycles. The maximum absolute atomic E-state index is 13.1. The first-order valence-electron chi connectivity index (χ1n) is 8.80. The fraction of sp³-hybridized carbons (Fsp3) is 0.611. The SMILES string of the molecule is CCCC1CN(C(=O)OC(C)(C)C)CCN1S(=O)(=O)c1ccc(Br)cc1. The van der Waals surface area contributed by atoms with Crippen molar-refractivity contribution in [1.29, 1.82) is 0 Å². The topological polar surface area (TPSA) is 66.9 Å². The molecule has 1 saturated heterocycles. The van der Waals surface area contributed by atoms with Crippen molar-refractivity contribution >= 4 is 32.0 Å². The number of halogens is 1. The Hall–Kier alpha value is -1.12. The van der Waals surface area contributed by atoms with Gasteiger partial charge in [-0.15, -0.1) is 0 Å². The van der Waals surface area contributed by atoms with Crippen LogP contribution in [0.5, 0.6) is 0 Å². The second-order valence-corrected chi connectivity index (χ2v) is 10.2. The number of hydrogen-bond acceptors (Lipinski definition) is 4. The summed E-state index contributed by atoms with van der Waals surface area (Å²) in [6, 6.07) is 6.39. The third-order valence-corrected chi connectivity index (χ3v) is 6.62. The molecule has 1 aliphatic rings. The van der Waals surface area contributed by atoms with E-state index in [1.165, 1.54) is 4.31 Å². The Morgan fingerprint density at radius 1 is 1.23 bits per heavy atom. The van der Waals surface area contributed by atoms with Crippen molar-refractivity contribution in [3.63, 3.8) is 0 Å². The van der Waals surface area contributed by atoms with Crippen molar-refractivity contribution in [3.05, 3.63) is 28.7 Å². The first-order valence-corrected chi connectivity index (χ1v) is 11.0. The minimum atomic E-state index is -3.60. The summed E-state index contributed by atoms with van der Waals surface area (Å²) in [6.07, 6.45) is 1.13. The van der Waals surface area contributed by atoms with Gasteiger partial charge in [-0.3, -0.25) is 0 Å².